The summed E-state index contributed by atoms with van der Waals surface area (Å²) in [4.78, 5) is 8.58. The fourth-order valence-electron chi connectivity index (χ4n) is 2.12. The Morgan fingerprint density at radius 2 is 1.88 bits per heavy atom. The molecular formula is C13H18F2N2. The van der Waals surface area contributed by atoms with E-state index in [0.717, 1.165) is 5.69 Å². The molecule has 1 aromatic heterocycles. The second-order valence-corrected chi connectivity index (χ2v) is 5.63. The van der Waals surface area contributed by atoms with Gasteiger partial charge in [0.2, 0.25) is 0 Å². The molecule has 1 aliphatic rings. The van der Waals surface area contributed by atoms with Gasteiger partial charge in [-0.15, -0.1) is 0 Å². The topological polar surface area (TPSA) is 25.8 Å². The van der Waals surface area contributed by atoms with Crippen LogP contribution < -0.4 is 0 Å². The van der Waals surface area contributed by atoms with Gasteiger partial charge in [0.05, 0.1) is 0 Å². The fraction of sp³-hybridized carbons (Fsp3) is 0.692. The smallest absolute Gasteiger partial charge is 0.237 e. The normalized spacial score (nSPS) is 18.2. The quantitative estimate of drug-likeness (QED) is 0.752. The molecule has 1 aromatic rings. The lowest BCUT2D eigenvalue weighted by molar-refractivity contribution is -0.00632. The van der Waals surface area contributed by atoms with E-state index in [1.54, 1.807) is 0 Å². The third-order valence-electron chi connectivity index (χ3n) is 3.13. The summed E-state index contributed by atoms with van der Waals surface area (Å²) in [7, 11) is 0. The Balaban J connectivity index is 2.63. The first kappa shape index (κ1) is 12.4. The van der Waals surface area contributed by atoms with E-state index in [4.69, 9.17) is 0 Å². The molecule has 0 spiro atoms. The Morgan fingerprint density at radius 1 is 1.24 bits per heavy atom. The average Bonchev–Trinajstić information content (AvgIpc) is 2.53. The van der Waals surface area contributed by atoms with Crippen LogP contribution in [0.15, 0.2) is 0 Å². The van der Waals surface area contributed by atoms with Crippen molar-refractivity contribution < 1.29 is 8.78 Å². The molecule has 0 amide bonds. The van der Waals surface area contributed by atoms with Crippen molar-refractivity contribution in [2.45, 2.75) is 58.3 Å². The molecule has 4 heteroatoms. The van der Waals surface area contributed by atoms with E-state index in [0.29, 0.717) is 24.2 Å². The van der Waals surface area contributed by atoms with Gasteiger partial charge in [0, 0.05) is 23.1 Å². The van der Waals surface area contributed by atoms with E-state index < -0.39 is 5.92 Å². The molecule has 1 heterocycles. The highest BCUT2D eigenvalue weighted by molar-refractivity contribution is 5.34. The third kappa shape index (κ3) is 2.05. The average molecular weight is 240 g/mol. The molecule has 0 N–H and O–H groups in total. The van der Waals surface area contributed by atoms with E-state index in [1.165, 1.54) is 0 Å². The summed E-state index contributed by atoms with van der Waals surface area (Å²) in [6.07, 6.45) is 0.956. The molecule has 2 rings (SSSR count). The van der Waals surface area contributed by atoms with Gasteiger partial charge in [-0.2, -0.15) is 8.78 Å². The zero-order valence-electron chi connectivity index (χ0n) is 10.8. The molecule has 94 valence electrons. The van der Waals surface area contributed by atoms with Crippen LogP contribution in [0.5, 0.6) is 0 Å². The van der Waals surface area contributed by atoms with Crippen LogP contribution in [0.4, 0.5) is 8.78 Å². The zero-order chi connectivity index (χ0) is 12.8. The van der Waals surface area contributed by atoms with Gasteiger partial charge >= 0.3 is 0 Å². The predicted octanol–water partition coefficient (Wildman–Crippen LogP) is 3.37. The fourth-order valence-corrected chi connectivity index (χ4v) is 2.12. The van der Waals surface area contributed by atoms with E-state index >= 15 is 0 Å². The molecule has 2 nitrogen and oxygen atoms in total. The first-order valence-electron chi connectivity index (χ1n) is 6.04. The van der Waals surface area contributed by atoms with Crippen molar-refractivity contribution in [1.29, 1.82) is 0 Å². The van der Waals surface area contributed by atoms with E-state index in [2.05, 4.69) is 9.97 Å². The van der Waals surface area contributed by atoms with Crippen LogP contribution in [-0.2, 0) is 24.2 Å². The van der Waals surface area contributed by atoms with Crippen LogP contribution in [0, 0.1) is 0 Å². The number of alkyl halides is 2. The summed E-state index contributed by atoms with van der Waals surface area (Å²) < 4.78 is 27.5. The molecule has 0 fully saturated rings. The second kappa shape index (κ2) is 3.72. The number of fused-ring (bicyclic) bond motifs is 1. The molecule has 0 saturated carbocycles. The van der Waals surface area contributed by atoms with Crippen molar-refractivity contribution in [3.05, 3.63) is 22.8 Å². The summed E-state index contributed by atoms with van der Waals surface area (Å²) in [5.74, 6) is -2.25. The lowest BCUT2D eigenvalue weighted by Gasteiger charge is -2.20. The van der Waals surface area contributed by atoms with Crippen molar-refractivity contribution in [2.24, 2.45) is 0 Å². The Bertz CT molecular complexity index is 447. The molecule has 0 aliphatic heterocycles. The van der Waals surface area contributed by atoms with Crippen LogP contribution in [-0.4, -0.2) is 9.97 Å². The first-order chi connectivity index (χ1) is 7.75. The largest absolute Gasteiger partial charge is 0.290 e. The van der Waals surface area contributed by atoms with E-state index in [1.807, 2.05) is 27.7 Å². The van der Waals surface area contributed by atoms with Gasteiger partial charge in [0.15, 0.2) is 0 Å². The Hall–Kier alpha value is -1.06. The molecule has 0 atom stereocenters. The maximum Gasteiger partial charge on any atom is 0.290 e. The number of aromatic nitrogens is 2. The van der Waals surface area contributed by atoms with Gasteiger partial charge in [-0.1, -0.05) is 27.7 Å². The zero-order valence-corrected chi connectivity index (χ0v) is 10.8. The molecule has 0 saturated heterocycles. The van der Waals surface area contributed by atoms with Crippen molar-refractivity contribution in [2.75, 3.05) is 0 Å². The lowest BCUT2D eigenvalue weighted by Crippen LogP contribution is -2.21. The summed E-state index contributed by atoms with van der Waals surface area (Å²) in [6, 6.07) is 0. The SMILES string of the molecule is CCc1nc(C(C)(C)C)nc2c1CCC2(F)F. The van der Waals surface area contributed by atoms with Crippen LogP contribution >= 0.6 is 0 Å². The van der Waals surface area contributed by atoms with E-state index in [9.17, 15) is 8.78 Å². The standard InChI is InChI=1S/C13H18F2N2/c1-5-9-8-6-7-13(14,15)10(8)17-11(16-9)12(2,3)4/h5-7H2,1-4H3. The minimum atomic E-state index is -2.78. The number of nitrogens with zero attached hydrogens (tertiary/aromatic N) is 2. The molecule has 0 unspecified atom stereocenters. The van der Waals surface area contributed by atoms with Gasteiger partial charge < -0.3 is 0 Å². The van der Waals surface area contributed by atoms with Crippen molar-refractivity contribution in [3.63, 3.8) is 0 Å². The maximum atomic E-state index is 13.7. The lowest BCUT2D eigenvalue weighted by atomic mass is 9.95. The molecule has 1 aliphatic carbocycles. The van der Waals surface area contributed by atoms with Gasteiger partial charge in [0.1, 0.15) is 11.5 Å². The minimum absolute atomic E-state index is 0.0331. The highest BCUT2D eigenvalue weighted by Crippen LogP contribution is 2.42. The molecule has 0 bridgehead atoms. The number of aryl methyl sites for hydroxylation is 1. The Kier molecular flexibility index (Phi) is 2.71. The van der Waals surface area contributed by atoms with Crippen molar-refractivity contribution in [3.8, 4) is 0 Å². The van der Waals surface area contributed by atoms with Crippen LogP contribution in [0.1, 0.15) is 56.9 Å². The maximum absolute atomic E-state index is 13.7. The summed E-state index contributed by atoms with van der Waals surface area (Å²) >= 11 is 0. The summed E-state index contributed by atoms with van der Waals surface area (Å²) in [5.41, 5.74) is 1.13. The van der Waals surface area contributed by atoms with E-state index in [-0.39, 0.29) is 17.5 Å². The number of hydrogen-bond donors (Lipinski definition) is 0. The second-order valence-electron chi connectivity index (χ2n) is 5.63. The molecule has 17 heavy (non-hydrogen) atoms. The summed E-state index contributed by atoms with van der Waals surface area (Å²) in [6.45, 7) is 7.79. The monoisotopic (exact) mass is 240 g/mol. The summed E-state index contributed by atoms with van der Waals surface area (Å²) in [5, 5.41) is 0. The van der Waals surface area contributed by atoms with Crippen LogP contribution in [0.2, 0.25) is 0 Å². The highest BCUT2D eigenvalue weighted by Gasteiger charge is 2.43. The number of hydrogen-bond acceptors (Lipinski definition) is 2. The van der Waals surface area contributed by atoms with Gasteiger partial charge in [-0.05, 0) is 12.8 Å². The van der Waals surface area contributed by atoms with Gasteiger partial charge in [-0.3, -0.25) is 0 Å². The molecule has 0 radical (unpaired) electrons. The predicted molar refractivity (Wildman–Crippen MR) is 62.3 cm³/mol. The van der Waals surface area contributed by atoms with Crippen molar-refractivity contribution >= 4 is 0 Å². The van der Waals surface area contributed by atoms with Crippen LogP contribution in [0.25, 0.3) is 0 Å². The Labute approximate surface area is 100 Å². The first-order valence-corrected chi connectivity index (χ1v) is 6.04. The minimum Gasteiger partial charge on any atom is -0.237 e. The van der Waals surface area contributed by atoms with Crippen LogP contribution in [0.3, 0.4) is 0 Å². The number of rotatable bonds is 1. The number of halogens is 2. The Morgan fingerprint density at radius 3 is 2.41 bits per heavy atom. The van der Waals surface area contributed by atoms with Gasteiger partial charge in [-0.25, -0.2) is 9.97 Å². The third-order valence-corrected chi connectivity index (χ3v) is 3.13. The van der Waals surface area contributed by atoms with Crippen molar-refractivity contribution in [1.82, 2.24) is 9.97 Å². The molecule has 0 aromatic carbocycles. The highest BCUT2D eigenvalue weighted by atomic mass is 19.3. The van der Waals surface area contributed by atoms with Gasteiger partial charge in [0.25, 0.3) is 5.92 Å². The molecular weight excluding hydrogens is 222 g/mol.